The van der Waals surface area contributed by atoms with Crippen LogP contribution in [-0.4, -0.2) is 81.8 Å². The third kappa shape index (κ3) is 9.29. The van der Waals surface area contributed by atoms with Crippen LogP contribution in [0.25, 0.3) is 0 Å². The molecule has 10 nitrogen and oxygen atoms in total. The molecule has 32 heavy (non-hydrogen) atoms. The van der Waals surface area contributed by atoms with Gasteiger partial charge in [0.25, 0.3) is 0 Å². The van der Waals surface area contributed by atoms with Crippen molar-refractivity contribution in [2.45, 2.75) is 77.8 Å². The molecule has 0 aromatic heterocycles. The number of piperidine rings is 2. The minimum atomic E-state index is -0.772. The summed E-state index contributed by atoms with van der Waals surface area (Å²) in [7, 11) is 0. The molecule has 0 aromatic rings. The zero-order valence-corrected chi connectivity index (χ0v) is 19.9. The smallest absolute Gasteiger partial charge is 0.410 e. The summed E-state index contributed by atoms with van der Waals surface area (Å²) >= 11 is 0. The average molecular weight is 453 g/mol. The third-order valence-corrected chi connectivity index (χ3v) is 4.80. The van der Waals surface area contributed by atoms with Crippen LogP contribution in [0.4, 0.5) is 9.59 Å². The van der Waals surface area contributed by atoms with Crippen LogP contribution in [-0.2, 0) is 9.47 Å². The molecule has 2 heterocycles. The number of hydrogen-bond acceptors (Lipinski definition) is 8. The number of carbonyl (C=O) groups excluding carboxylic acids is 2. The second kappa shape index (κ2) is 11.3. The molecule has 0 unspecified atom stereocenters. The first-order chi connectivity index (χ1) is 14.7. The molecule has 0 aromatic carbocycles. The number of hydrogen-bond donors (Lipinski definition) is 2. The van der Waals surface area contributed by atoms with E-state index < -0.39 is 35.6 Å². The predicted octanol–water partition coefficient (Wildman–Crippen LogP) is 2.26. The van der Waals surface area contributed by atoms with Crippen LogP contribution >= 0.6 is 0 Å². The van der Waals surface area contributed by atoms with E-state index in [2.05, 4.69) is 0 Å². The monoisotopic (exact) mass is 452 g/mol. The fourth-order valence-corrected chi connectivity index (χ4v) is 3.15. The summed E-state index contributed by atoms with van der Waals surface area (Å²) in [6.07, 6.45) is -1.41. The van der Waals surface area contributed by atoms with E-state index in [0.717, 1.165) is 0 Å². The highest BCUT2D eigenvalue weighted by Crippen LogP contribution is 2.20. The molecule has 0 spiro atoms. The molecule has 2 aliphatic rings. The molecule has 0 radical (unpaired) electrons. The van der Waals surface area contributed by atoms with Crippen LogP contribution in [0.1, 0.15) is 54.4 Å². The summed E-state index contributed by atoms with van der Waals surface area (Å²) in [5.41, 5.74) is -1.07. The van der Waals surface area contributed by atoms with Gasteiger partial charge in [0.15, 0.2) is 0 Å². The Kier molecular flexibility index (Phi) is 9.74. The summed E-state index contributed by atoms with van der Waals surface area (Å²) in [4.78, 5) is 26.2. The molecule has 0 bridgehead atoms. The number of β-amino-alcohol motifs (C(OH)–C–C–N with tert-alkyl or cyclic N) is 2. The molecule has 2 fully saturated rings. The highest BCUT2D eigenvalue weighted by Gasteiger charge is 2.33. The lowest BCUT2D eigenvalue weighted by molar-refractivity contribution is -0.00484. The van der Waals surface area contributed by atoms with Crippen LogP contribution in [0.2, 0.25) is 0 Å². The van der Waals surface area contributed by atoms with E-state index in [4.69, 9.17) is 20.0 Å². The molecular weight excluding hydrogens is 416 g/mol. The van der Waals surface area contributed by atoms with Gasteiger partial charge in [0.1, 0.15) is 11.2 Å². The fraction of sp³-hybridized carbons (Fsp3) is 0.818. The summed E-state index contributed by atoms with van der Waals surface area (Å²) in [5, 5.41) is 36.7. The van der Waals surface area contributed by atoms with Crippen LogP contribution in [0, 0.1) is 34.5 Å². The van der Waals surface area contributed by atoms with E-state index in [-0.39, 0.29) is 24.9 Å². The lowest BCUT2D eigenvalue weighted by Gasteiger charge is -2.34. The van der Waals surface area contributed by atoms with Crippen molar-refractivity contribution in [1.29, 1.82) is 10.5 Å². The van der Waals surface area contributed by atoms with Crippen LogP contribution in [0.3, 0.4) is 0 Å². The maximum Gasteiger partial charge on any atom is 0.410 e. The molecule has 2 rings (SSSR count). The summed E-state index contributed by atoms with van der Waals surface area (Å²) in [5.74, 6) is -0.752. The molecule has 2 amide bonds. The van der Waals surface area contributed by atoms with Gasteiger partial charge in [0.05, 0.1) is 49.3 Å². The standard InChI is InChI=1S/2C11H18N2O3/c2*1-11(2,3)16-10(15)13-5-4-8(6-12)9(14)7-13/h2*8-9,14H,4-5,7H2,1-3H3/t2*8-,9+/m10/s1. The van der Waals surface area contributed by atoms with Crippen molar-refractivity contribution < 1.29 is 29.3 Å². The van der Waals surface area contributed by atoms with Crippen molar-refractivity contribution in [3.05, 3.63) is 0 Å². The average Bonchev–Trinajstić information content (AvgIpc) is 2.65. The minimum Gasteiger partial charge on any atom is -0.444 e. The molecule has 2 N–H and O–H groups in total. The van der Waals surface area contributed by atoms with E-state index in [1.54, 1.807) is 41.5 Å². The van der Waals surface area contributed by atoms with Crippen molar-refractivity contribution >= 4 is 12.2 Å². The molecule has 4 atom stereocenters. The van der Waals surface area contributed by atoms with Gasteiger partial charge >= 0.3 is 12.2 Å². The Morgan fingerprint density at radius 1 is 0.781 bits per heavy atom. The Hall–Kier alpha value is -2.56. The van der Waals surface area contributed by atoms with Gasteiger partial charge in [-0.05, 0) is 54.4 Å². The number of aliphatic hydroxyl groups is 2. The first kappa shape index (κ1) is 27.5. The largest absolute Gasteiger partial charge is 0.444 e. The summed E-state index contributed by atoms with van der Waals surface area (Å²) in [6, 6.07) is 4.07. The molecule has 2 saturated heterocycles. The second-order valence-corrected chi connectivity index (χ2v) is 10.0. The van der Waals surface area contributed by atoms with Crippen LogP contribution in [0.5, 0.6) is 0 Å². The van der Waals surface area contributed by atoms with E-state index >= 15 is 0 Å². The number of ether oxygens (including phenoxy) is 2. The lowest BCUT2D eigenvalue weighted by atomic mass is 9.96. The van der Waals surface area contributed by atoms with Gasteiger partial charge in [-0.1, -0.05) is 0 Å². The van der Waals surface area contributed by atoms with Crippen LogP contribution in [0.15, 0.2) is 0 Å². The Bertz CT molecular complexity index is 669. The number of aliphatic hydroxyl groups excluding tert-OH is 2. The number of amides is 2. The molecular formula is C22H36N4O6. The van der Waals surface area contributed by atoms with Gasteiger partial charge in [0.2, 0.25) is 0 Å². The van der Waals surface area contributed by atoms with E-state index in [0.29, 0.717) is 25.9 Å². The highest BCUT2D eigenvalue weighted by molar-refractivity contribution is 5.68. The first-order valence-corrected chi connectivity index (χ1v) is 10.8. The summed E-state index contributed by atoms with van der Waals surface area (Å²) in [6.45, 7) is 12.0. The topological polar surface area (TPSA) is 147 Å². The van der Waals surface area contributed by atoms with E-state index in [1.165, 1.54) is 9.80 Å². The predicted molar refractivity (Wildman–Crippen MR) is 115 cm³/mol. The zero-order valence-electron chi connectivity index (χ0n) is 19.9. The Balaban J connectivity index is 0.000000320. The number of rotatable bonds is 0. The second-order valence-electron chi connectivity index (χ2n) is 10.0. The third-order valence-electron chi connectivity index (χ3n) is 4.80. The van der Waals surface area contributed by atoms with Crippen molar-refractivity contribution in [3.8, 4) is 12.1 Å². The van der Waals surface area contributed by atoms with Gasteiger partial charge in [-0.15, -0.1) is 0 Å². The number of nitrogens with zero attached hydrogens (tertiary/aromatic N) is 4. The van der Waals surface area contributed by atoms with Gasteiger partial charge in [-0.2, -0.15) is 10.5 Å². The van der Waals surface area contributed by atoms with E-state index in [9.17, 15) is 19.8 Å². The van der Waals surface area contributed by atoms with Crippen molar-refractivity contribution in [2.24, 2.45) is 11.8 Å². The number of likely N-dealkylation sites (tertiary alicyclic amines) is 2. The van der Waals surface area contributed by atoms with Crippen molar-refractivity contribution in [3.63, 3.8) is 0 Å². The van der Waals surface area contributed by atoms with Crippen LogP contribution < -0.4 is 0 Å². The van der Waals surface area contributed by atoms with Crippen molar-refractivity contribution in [2.75, 3.05) is 26.2 Å². The molecule has 10 heteroatoms. The Labute approximate surface area is 190 Å². The first-order valence-electron chi connectivity index (χ1n) is 10.8. The number of nitriles is 2. The molecule has 0 saturated carbocycles. The quantitative estimate of drug-likeness (QED) is 0.569. The van der Waals surface area contributed by atoms with Crippen molar-refractivity contribution in [1.82, 2.24) is 9.80 Å². The maximum atomic E-state index is 11.7. The Morgan fingerprint density at radius 3 is 1.31 bits per heavy atom. The van der Waals surface area contributed by atoms with Gasteiger partial charge < -0.3 is 29.5 Å². The SMILES string of the molecule is CC(C)(C)OC(=O)N1CC[C@@H](C#N)[C@H](O)C1.CC(C)(C)OC(=O)N1CC[C@H](C#N)[C@@H](O)C1. The highest BCUT2D eigenvalue weighted by atomic mass is 16.6. The zero-order chi connectivity index (χ0) is 24.7. The fourth-order valence-electron chi connectivity index (χ4n) is 3.15. The lowest BCUT2D eigenvalue weighted by Crippen LogP contribution is -2.47. The maximum absolute atomic E-state index is 11.7. The normalized spacial score (nSPS) is 26.1. The summed E-state index contributed by atoms with van der Waals surface area (Å²) < 4.78 is 10.4. The van der Waals surface area contributed by atoms with Gasteiger partial charge in [0, 0.05) is 13.1 Å². The molecule has 0 aliphatic carbocycles. The van der Waals surface area contributed by atoms with Gasteiger partial charge in [-0.25, -0.2) is 9.59 Å². The molecule has 180 valence electrons. The molecule has 2 aliphatic heterocycles. The Morgan fingerprint density at radius 2 is 1.09 bits per heavy atom. The van der Waals surface area contributed by atoms with Gasteiger partial charge in [-0.3, -0.25) is 0 Å². The van der Waals surface area contributed by atoms with E-state index in [1.807, 2.05) is 12.1 Å². The minimum absolute atomic E-state index is 0.174. The number of carbonyl (C=O) groups is 2.